The van der Waals surface area contributed by atoms with Gasteiger partial charge in [0.05, 0.1) is 0 Å². The summed E-state index contributed by atoms with van der Waals surface area (Å²) >= 11 is 0. The molecule has 0 aliphatic carbocycles. The summed E-state index contributed by atoms with van der Waals surface area (Å²) < 4.78 is 6.98. The van der Waals surface area contributed by atoms with Crippen LogP contribution < -0.4 is 0 Å². The van der Waals surface area contributed by atoms with E-state index in [1.165, 1.54) is 17.7 Å². The molecule has 2 amide bonds. The van der Waals surface area contributed by atoms with Crippen LogP contribution >= 0.6 is 0 Å². The molecular formula is C20H26N2O3W. The van der Waals surface area contributed by atoms with Crippen LogP contribution in [-0.4, -0.2) is 53.1 Å². The molecule has 0 saturated carbocycles. The molecule has 0 radical (unpaired) electrons. The third-order valence-corrected chi connectivity index (χ3v) is 4.13. The molecule has 2 aliphatic heterocycles. The number of ketones is 1. The molecule has 1 aromatic rings. The molecule has 6 heteroatoms. The first-order valence-corrected chi connectivity index (χ1v) is 7.61. The normalized spacial score (nSPS) is 17.9. The average molecular weight is 527 g/mol. The van der Waals surface area contributed by atoms with Gasteiger partial charge >= 0.3 is 21.1 Å². The molecule has 0 unspecified atom stereocenters. The summed E-state index contributed by atoms with van der Waals surface area (Å²) in [5.74, 6) is -1.23. The van der Waals surface area contributed by atoms with E-state index in [-0.39, 0.29) is 34.3 Å². The Morgan fingerprint density at radius 1 is 1.19 bits per heavy atom. The van der Waals surface area contributed by atoms with Crippen molar-refractivity contribution in [3.05, 3.63) is 61.4 Å². The topological polar surface area (TPSA) is 57.7 Å². The second kappa shape index (κ2) is 9.75. The van der Waals surface area contributed by atoms with Crippen LogP contribution in [-0.2, 0) is 41.9 Å². The summed E-state index contributed by atoms with van der Waals surface area (Å²) in [5, 5.41) is 0. The number of hydrogen-bond donors (Lipinski definition) is 0. The molecule has 0 bridgehead atoms. The Bertz CT molecular complexity index is 680. The first-order valence-electron chi connectivity index (χ1n) is 8.32. The molecule has 0 atom stereocenters. The van der Waals surface area contributed by atoms with Gasteiger partial charge < -0.3 is 16.6 Å². The van der Waals surface area contributed by atoms with Crippen molar-refractivity contribution in [3.63, 3.8) is 0 Å². The van der Waals surface area contributed by atoms with Gasteiger partial charge in [0.2, 0.25) is 0 Å². The summed E-state index contributed by atoms with van der Waals surface area (Å²) in [5.41, 5.74) is 1.23. The minimum atomic E-state index is -1.04. The Kier molecular flexibility index (Phi) is 8.32. The van der Waals surface area contributed by atoms with Gasteiger partial charge in [0, 0.05) is 32.4 Å². The first-order chi connectivity index (χ1) is 11.8. The number of benzene rings is 1. The fraction of sp³-hybridized carbons (Fsp3) is 0.350. The molecule has 1 fully saturated rings. The summed E-state index contributed by atoms with van der Waals surface area (Å²) in [7, 11) is 1.82. The largest absolute Gasteiger partial charge is 2.00 e. The van der Waals surface area contributed by atoms with Gasteiger partial charge in [-0.1, -0.05) is 19.9 Å². The van der Waals surface area contributed by atoms with Crippen LogP contribution in [0, 0.1) is 13.8 Å². The van der Waals surface area contributed by atoms with Crippen molar-refractivity contribution in [1.29, 1.82) is 0 Å². The van der Waals surface area contributed by atoms with E-state index >= 15 is 0 Å². The maximum Gasteiger partial charge on any atom is 2.00 e. The third-order valence-electron chi connectivity index (χ3n) is 4.13. The summed E-state index contributed by atoms with van der Waals surface area (Å²) in [6.45, 7) is 8.32. The summed E-state index contributed by atoms with van der Waals surface area (Å²) in [4.78, 5) is 37.2. The van der Waals surface area contributed by atoms with Crippen molar-refractivity contribution in [2.75, 3.05) is 20.1 Å². The van der Waals surface area contributed by atoms with Crippen LogP contribution in [0.1, 0.15) is 26.8 Å². The number of nitrogens with zero attached hydrogens (tertiary/aromatic N) is 2. The standard InChI is InChI=1S/C10H11N2O3.C9H11.CH4.W/c1-7(13)10(5-11(2)6-10)12-8(14)3-4-9(12)15;1-3-9-6-4-8(2)5-7-9;;/h3-4H,1,5-6H2,2H3;4-7H,2-3H2,1H3;1H4;/q2*-1;;+2/i;1D;;. The van der Waals surface area contributed by atoms with E-state index in [1.54, 1.807) is 0 Å². The van der Waals surface area contributed by atoms with Gasteiger partial charge in [0.25, 0.3) is 11.8 Å². The number of likely N-dealkylation sites (tertiary alicyclic amines) is 1. The first kappa shape index (κ1) is 22.2. The van der Waals surface area contributed by atoms with Gasteiger partial charge in [-0.25, -0.2) is 0 Å². The molecule has 0 spiro atoms. The number of likely N-dealkylation sites (N-methyl/N-ethyl adjacent to an activating group) is 1. The molecule has 26 heavy (non-hydrogen) atoms. The van der Waals surface area contributed by atoms with E-state index in [4.69, 9.17) is 1.37 Å². The average Bonchev–Trinajstić information content (AvgIpc) is 2.86. The number of Topliss-reactive ketones (excluding diaryl/α,β-unsaturated/α-hetero) is 1. The molecule has 2 aliphatic rings. The zero-order valence-corrected chi connectivity index (χ0v) is 17.2. The zero-order chi connectivity index (χ0) is 18.6. The molecule has 5 nitrogen and oxygen atoms in total. The monoisotopic (exact) mass is 527 g/mol. The van der Waals surface area contributed by atoms with Crippen molar-refractivity contribution in [3.8, 4) is 0 Å². The fourth-order valence-electron chi connectivity index (χ4n) is 2.82. The number of rotatable bonds is 3. The van der Waals surface area contributed by atoms with E-state index in [0.717, 1.165) is 16.9 Å². The Morgan fingerprint density at radius 3 is 2.08 bits per heavy atom. The molecule has 2 heterocycles. The van der Waals surface area contributed by atoms with Gasteiger partial charge in [0.1, 0.15) is 5.54 Å². The van der Waals surface area contributed by atoms with Crippen LogP contribution in [0.2, 0.25) is 0 Å². The second-order valence-electron chi connectivity index (χ2n) is 6.04. The van der Waals surface area contributed by atoms with E-state index in [1.807, 2.05) is 36.2 Å². The Morgan fingerprint density at radius 2 is 1.69 bits per heavy atom. The molecule has 3 rings (SSSR count). The number of carbonyl (C=O) groups excluding carboxylic acids is 3. The van der Waals surface area contributed by atoms with Crippen molar-refractivity contribution in [2.24, 2.45) is 0 Å². The SMILES string of the molecule is C.[2H]CCc1ccc([CH2-])cc1.[CH2-]C(=O)C1(N2C(=O)C=CC2=O)CN(C)C1.[W+2]. The minimum absolute atomic E-state index is 0. The third kappa shape index (κ3) is 4.86. The van der Waals surface area contributed by atoms with Crippen LogP contribution in [0.25, 0.3) is 0 Å². The van der Waals surface area contributed by atoms with Gasteiger partial charge in [-0.2, -0.15) is 24.6 Å². The number of amides is 2. The number of hydrogen-bond acceptors (Lipinski definition) is 4. The predicted octanol–water partition coefficient (Wildman–Crippen LogP) is 2.06. The van der Waals surface area contributed by atoms with E-state index < -0.39 is 17.4 Å². The predicted molar refractivity (Wildman–Crippen MR) is 98.6 cm³/mol. The zero-order valence-electron chi connectivity index (χ0n) is 15.2. The van der Waals surface area contributed by atoms with Crippen LogP contribution in [0.3, 0.4) is 0 Å². The van der Waals surface area contributed by atoms with Gasteiger partial charge in [-0.05, 0) is 13.5 Å². The molecule has 1 saturated heterocycles. The van der Waals surface area contributed by atoms with E-state index in [2.05, 4.69) is 13.8 Å². The molecule has 0 N–H and O–H groups in total. The van der Waals surface area contributed by atoms with Crippen molar-refractivity contribution >= 4 is 17.6 Å². The van der Waals surface area contributed by atoms with Crippen LogP contribution in [0.4, 0.5) is 0 Å². The van der Waals surface area contributed by atoms with Crippen LogP contribution in [0.15, 0.2) is 36.4 Å². The minimum Gasteiger partial charge on any atom is -0.337 e. The van der Waals surface area contributed by atoms with Crippen LogP contribution in [0.5, 0.6) is 0 Å². The maximum atomic E-state index is 11.5. The smallest absolute Gasteiger partial charge is 0.337 e. The summed E-state index contributed by atoms with van der Waals surface area (Å²) in [6, 6.07) is 8.00. The number of carbonyl (C=O) groups is 3. The van der Waals surface area contributed by atoms with Crippen molar-refractivity contribution < 1.29 is 36.8 Å². The fourth-order valence-corrected chi connectivity index (χ4v) is 2.82. The molecule has 140 valence electrons. The van der Waals surface area contributed by atoms with Gasteiger partial charge in [0.15, 0.2) is 0 Å². The maximum absolute atomic E-state index is 11.5. The molecule has 0 aromatic heterocycles. The Balaban J connectivity index is 0.000000500. The van der Waals surface area contributed by atoms with Gasteiger partial charge in [-0.15, -0.1) is 12.1 Å². The molecule has 1 aromatic carbocycles. The quantitative estimate of drug-likeness (QED) is 0.447. The van der Waals surface area contributed by atoms with E-state index in [0.29, 0.717) is 20.0 Å². The summed E-state index contributed by atoms with van der Waals surface area (Å²) in [6.07, 6.45) is 3.22. The second-order valence-corrected chi connectivity index (χ2v) is 6.04. The Labute approximate surface area is 172 Å². The molecular weight excluding hydrogens is 500 g/mol. The van der Waals surface area contributed by atoms with E-state index in [9.17, 15) is 14.4 Å². The van der Waals surface area contributed by atoms with Crippen molar-refractivity contribution in [2.45, 2.75) is 26.3 Å². The Hall–Kier alpha value is -1.84. The van der Waals surface area contributed by atoms with Gasteiger partial charge in [-0.3, -0.25) is 14.5 Å². The number of imide groups is 1. The van der Waals surface area contributed by atoms with Crippen molar-refractivity contribution in [1.82, 2.24) is 9.80 Å². The number of aryl methyl sites for hydroxylation is 1.